The average Bonchev–Trinajstić information content (AvgIpc) is 3.32. The van der Waals surface area contributed by atoms with E-state index in [0.29, 0.717) is 16.9 Å². The van der Waals surface area contributed by atoms with Crippen molar-refractivity contribution in [2.75, 3.05) is 18.4 Å². The van der Waals surface area contributed by atoms with Gasteiger partial charge in [-0.15, -0.1) is 11.3 Å². The number of aromatic nitrogens is 3. The molecule has 1 aliphatic rings. The summed E-state index contributed by atoms with van der Waals surface area (Å²) in [5.74, 6) is -0.223. The first kappa shape index (κ1) is 17.9. The number of nitrogens with one attached hydrogen (secondary N) is 2. The molecule has 0 saturated carbocycles. The number of hydrogen-bond acceptors (Lipinski definition) is 5. The fourth-order valence-electron chi connectivity index (χ4n) is 3.44. The fraction of sp³-hybridized carbons (Fsp3) is 0.350. The lowest BCUT2D eigenvalue weighted by molar-refractivity contribution is 0.102. The summed E-state index contributed by atoms with van der Waals surface area (Å²) in [6.07, 6.45) is 4.10. The van der Waals surface area contributed by atoms with E-state index in [2.05, 4.69) is 52.8 Å². The van der Waals surface area contributed by atoms with E-state index in [1.54, 1.807) is 6.07 Å². The molecular weight excluding hydrogens is 358 g/mol. The number of thiazole rings is 1. The molecule has 1 unspecified atom stereocenters. The molecule has 27 heavy (non-hydrogen) atoms. The Morgan fingerprint density at radius 2 is 2.22 bits per heavy atom. The number of anilines is 1. The summed E-state index contributed by atoms with van der Waals surface area (Å²) in [6.45, 7) is 6.10. The molecule has 1 atom stereocenters. The van der Waals surface area contributed by atoms with E-state index in [4.69, 9.17) is 0 Å². The maximum atomic E-state index is 12.5. The number of carbonyl (C=O) groups is 1. The molecule has 3 aromatic rings. The van der Waals surface area contributed by atoms with Gasteiger partial charge in [-0.25, -0.2) is 4.98 Å². The van der Waals surface area contributed by atoms with Gasteiger partial charge in [-0.1, -0.05) is 23.8 Å². The van der Waals surface area contributed by atoms with Crippen molar-refractivity contribution in [2.45, 2.75) is 32.7 Å². The molecule has 2 N–H and O–H groups in total. The van der Waals surface area contributed by atoms with Crippen molar-refractivity contribution < 1.29 is 4.79 Å². The Hall–Kier alpha value is -2.51. The highest BCUT2D eigenvalue weighted by atomic mass is 32.1. The molecule has 4 rings (SSSR count). The van der Waals surface area contributed by atoms with Gasteiger partial charge < -0.3 is 5.32 Å². The first-order valence-electron chi connectivity index (χ1n) is 9.20. The lowest BCUT2D eigenvalue weighted by atomic mass is 10.0. The van der Waals surface area contributed by atoms with Crippen molar-refractivity contribution in [3.05, 3.63) is 52.7 Å². The Kier molecular flexibility index (Phi) is 5.05. The third-order valence-corrected chi connectivity index (χ3v) is 5.63. The van der Waals surface area contributed by atoms with Gasteiger partial charge in [0.15, 0.2) is 10.8 Å². The van der Waals surface area contributed by atoms with E-state index in [9.17, 15) is 4.79 Å². The second-order valence-corrected chi connectivity index (χ2v) is 7.85. The molecule has 1 aliphatic heterocycles. The molecule has 7 heteroatoms. The molecule has 1 aromatic carbocycles. The van der Waals surface area contributed by atoms with Crippen LogP contribution in [0.25, 0.3) is 11.3 Å². The van der Waals surface area contributed by atoms with Crippen LogP contribution in [0.15, 0.2) is 35.8 Å². The fourth-order valence-corrected chi connectivity index (χ4v) is 4.14. The lowest BCUT2D eigenvalue weighted by Gasteiger charge is -2.22. The van der Waals surface area contributed by atoms with Gasteiger partial charge in [0.1, 0.15) is 0 Å². The Balaban J connectivity index is 1.46. The molecule has 6 nitrogen and oxygen atoms in total. The number of aryl methyl sites for hydroxylation is 2. The summed E-state index contributed by atoms with van der Waals surface area (Å²) in [6, 6.07) is 8.37. The van der Waals surface area contributed by atoms with Gasteiger partial charge >= 0.3 is 0 Å². The summed E-state index contributed by atoms with van der Waals surface area (Å²) in [5, 5.41) is 13.3. The summed E-state index contributed by atoms with van der Waals surface area (Å²) >= 11 is 1.43. The molecule has 140 valence electrons. The predicted octanol–water partition coefficient (Wildman–Crippen LogP) is 3.80. The van der Waals surface area contributed by atoms with Crippen LogP contribution in [0.4, 0.5) is 5.13 Å². The molecule has 0 radical (unpaired) electrons. The third kappa shape index (κ3) is 3.94. The highest BCUT2D eigenvalue weighted by molar-refractivity contribution is 7.14. The van der Waals surface area contributed by atoms with E-state index in [1.165, 1.54) is 22.5 Å². The van der Waals surface area contributed by atoms with Crippen LogP contribution in [-0.4, -0.2) is 33.8 Å². The molecule has 1 fully saturated rings. The maximum absolute atomic E-state index is 12.5. The molecule has 2 aromatic heterocycles. The lowest BCUT2D eigenvalue weighted by Crippen LogP contribution is -2.32. The molecule has 0 aliphatic carbocycles. The largest absolute Gasteiger partial charge is 0.315 e. The van der Waals surface area contributed by atoms with Crippen molar-refractivity contribution >= 4 is 22.4 Å². The van der Waals surface area contributed by atoms with Crippen LogP contribution in [0.5, 0.6) is 0 Å². The molecule has 1 amide bonds. The second-order valence-electron chi connectivity index (χ2n) is 6.99. The van der Waals surface area contributed by atoms with Crippen LogP contribution < -0.4 is 10.6 Å². The number of benzene rings is 1. The molecule has 1 saturated heterocycles. The summed E-state index contributed by atoms with van der Waals surface area (Å²) in [4.78, 5) is 17.1. The van der Waals surface area contributed by atoms with E-state index in [-0.39, 0.29) is 5.91 Å². The number of nitrogens with zero attached hydrogens (tertiary/aromatic N) is 3. The Bertz CT molecular complexity index is 955. The Morgan fingerprint density at radius 3 is 3.00 bits per heavy atom. The maximum Gasteiger partial charge on any atom is 0.277 e. The summed E-state index contributed by atoms with van der Waals surface area (Å²) in [5.41, 5.74) is 4.80. The molecule has 3 heterocycles. The highest BCUT2D eigenvalue weighted by Crippen LogP contribution is 2.28. The van der Waals surface area contributed by atoms with Gasteiger partial charge in [-0.2, -0.15) is 5.10 Å². The van der Waals surface area contributed by atoms with E-state index >= 15 is 0 Å². The first-order chi connectivity index (χ1) is 13.1. The second kappa shape index (κ2) is 7.62. The van der Waals surface area contributed by atoms with Gasteiger partial charge in [0.25, 0.3) is 5.91 Å². The zero-order valence-corrected chi connectivity index (χ0v) is 16.3. The van der Waals surface area contributed by atoms with Gasteiger partial charge in [-0.05, 0) is 44.9 Å². The Morgan fingerprint density at radius 1 is 1.33 bits per heavy atom. The average molecular weight is 382 g/mol. The van der Waals surface area contributed by atoms with Gasteiger partial charge in [0.2, 0.25) is 0 Å². The number of piperidine rings is 1. The van der Waals surface area contributed by atoms with Crippen molar-refractivity contribution in [2.24, 2.45) is 0 Å². The van der Waals surface area contributed by atoms with Gasteiger partial charge in [0.05, 0.1) is 11.7 Å². The highest BCUT2D eigenvalue weighted by Gasteiger charge is 2.18. The van der Waals surface area contributed by atoms with Crippen molar-refractivity contribution in [1.82, 2.24) is 20.1 Å². The monoisotopic (exact) mass is 381 g/mol. The van der Waals surface area contributed by atoms with Crippen molar-refractivity contribution in [1.29, 1.82) is 0 Å². The summed E-state index contributed by atoms with van der Waals surface area (Å²) < 4.78 is 1.89. The number of rotatable bonds is 4. The van der Waals surface area contributed by atoms with Crippen LogP contribution >= 0.6 is 11.3 Å². The van der Waals surface area contributed by atoms with Gasteiger partial charge in [0, 0.05) is 23.7 Å². The van der Waals surface area contributed by atoms with Crippen LogP contribution in [0, 0.1) is 13.8 Å². The van der Waals surface area contributed by atoms with Crippen LogP contribution in [0.1, 0.15) is 40.5 Å². The van der Waals surface area contributed by atoms with E-state index in [0.717, 1.165) is 37.2 Å². The first-order valence-corrected chi connectivity index (χ1v) is 10.1. The zero-order chi connectivity index (χ0) is 18.8. The predicted molar refractivity (Wildman–Crippen MR) is 108 cm³/mol. The summed E-state index contributed by atoms with van der Waals surface area (Å²) in [7, 11) is 0. The normalized spacial score (nSPS) is 17.0. The van der Waals surface area contributed by atoms with Crippen LogP contribution in [-0.2, 0) is 0 Å². The Labute approximate surface area is 162 Å². The van der Waals surface area contributed by atoms with Crippen molar-refractivity contribution in [3.63, 3.8) is 0 Å². The molecular formula is C20H23N5OS. The number of carbonyl (C=O) groups excluding carboxylic acids is 1. The van der Waals surface area contributed by atoms with Gasteiger partial charge in [-0.3, -0.25) is 14.8 Å². The van der Waals surface area contributed by atoms with Crippen LogP contribution in [0.3, 0.4) is 0 Å². The minimum absolute atomic E-state index is 0.223. The van der Waals surface area contributed by atoms with Crippen molar-refractivity contribution in [3.8, 4) is 11.3 Å². The SMILES string of the molecule is Cc1ccc(-c2csc(NC(=O)c3ccn(C4CCCNC4)n3)n2)c(C)c1. The smallest absolute Gasteiger partial charge is 0.277 e. The minimum Gasteiger partial charge on any atom is -0.315 e. The number of hydrogen-bond donors (Lipinski definition) is 2. The molecule has 0 spiro atoms. The zero-order valence-electron chi connectivity index (χ0n) is 15.5. The minimum atomic E-state index is -0.223. The molecule has 0 bridgehead atoms. The topological polar surface area (TPSA) is 71.8 Å². The standard InChI is InChI=1S/C20H23N5OS/c1-13-5-6-16(14(2)10-13)18-12-27-20(22-18)23-19(26)17-7-9-25(24-17)15-4-3-8-21-11-15/h5-7,9-10,12,15,21H,3-4,8,11H2,1-2H3,(H,22,23,26). The quantitative estimate of drug-likeness (QED) is 0.721. The third-order valence-electron chi connectivity index (χ3n) is 4.87. The van der Waals surface area contributed by atoms with Crippen LogP contribution in [0.2, 0.25) is 0 Å². The van der Waals surface area contributed by atoms with E-state index < -0.39 is 0 Å². The van der Waals surface area contributed by atoms with E-state index in [1.807, 2.05) is 16.3 Å². The number of amides is 1.